The molecule has 0 saturated heterocycles. The Labute approximate surface area is 136 Å². The number of hydrogen-bond donors (Lipinski definition) is 2. The van der Waals surface area contributed by atoms with E-state index in [1.54, 1.807) is 0 Å². The summed E-state index contributed by atoms with van der Waals surface area (Å²) in [5, 5.41) is 17.4. The molecule has 11 heteroatoms. The first-order chi connectivity index (χ1) is 6.27. The smallest absolute Gasteiger partial charge is 0.805 e. The standard InChI is InChI=1S/C5H10NO7P.2Na/c7-3-6(10)2-4(8)1-5(9)14(11,12)13;;/h3-4,8,10H,1-2H2,(H2,11,12,13);;/q;2*+1/p-2. The SMILES string of the molecule is O=CN(O)CC(O)CC(=O)P(=O)([O-])[O-].[Na+].[Na+]. The molecule has 0 aliphatic carbocycles. The number of aliphatic hydroxyl groups excluding tert-OH is 1. The summed E-state index contributed by atoms with van der Waals surface area (Å²) in [6.07, 6.45) is -2.58. The molecule has 0 fully saturated rings. The molecule has 0 aromatic heterocycles. The fourth-order valence-electron chi connectivity index (χ4n) is 0.637. The molecule has 0 aromatic carbocycles. The van der Waals surface area contributed by atoms with E-state index in [-0.39, 0.29) is 70.6 Å². The van der Waals surface area contributed by atoms with E-state index < -0.39 is 32.2 Å². The molecule has 2 N–H and O–H groups in total. The molecule has 0 saturated carbocycles. The topological polar surface area (TPSA) is 141 Å². The maximum atomic E-state index is 10.5. The van der Waals surface area contributed by atoms with E-state index in [9.17, 15) is 23.9 Å². The van der Waals surface area contributed by atoms with Gasteiger partial charge in [0.05, 0.1) is 12.6 Å². The first kappa shape index (κ1) is 22.4. The largest absolute Gasteiger partial charge is 1.00 e. The summed E-state index contributed by atoms with van der Waals surface area (Å²) in [7, 11) is -5.35. The molecule has 1 atom stereocenters. The van der Waals surface area contributed by atoms with Crippen LogP contribution < -0.4 is 68.9 Å². The maximum Gasteiger partial charge on any atom is 1.00 e. The number of rotatable bonds is 6. The Kier molecular flexibility index (Phi) is 14.2. The Bertz CT molecular complexity index is 270. The van der Waals surface area contributed by atoms with Crippen molar-refractivity contribution >= 4 is 19.5 Å². The van der Waals surface area contributed by atoms with Gasteiger partial charge in [-0.3, -0.25) is 14.8 Å². The molecule has 82 valence electrons. The summed E-state index contributed by atoms with van der Waals surface area (Å²) < 4.78 is 10.1. The van der Waals surface area contributed by atoms with Crippen molar-refractivity contribution < 1.29 is 93.4 Å². The van der Waals surface area contributed by atoms with Crippen LogP contribution in [0.4, 0.5) is 0 Å². The zero-order valence-corrected chi connectivity index (χ0v) is 13.8. The van der Waals surface area contributed by atoms with E-state index in [0.29, 0.717) is 0 Å². The Morgan fingerprint density at radius 2 is 1.88 bits per heavy atom. The predicted molar refractivity (Wildman–Crippen MR) is 37.8 cm³/mol. The van der Waals surface area contributed by atoms with E-state index in [4.69, 9.17) is 10.3 Å². The number of nitrogens with zero attached hydrogens (tertiary/aromatic N) is 1. The summed E-state index contributed by atoms with van der Waals surface area (Å²) in [6.45, 7) is -0.644. The Morgan fingerprint density at radius 1 is 1.44 bits per heavy atom. The van der Waals surface area contributed by atoms with E-state index in [1.807, 2.05) is 0 Å². The zero-order valence-electron chi connectivity index (χ0n) is 8.90. The molecule has 0 aliphatic rings. The Morgan fingerprint density at radius 3 is 2.19 bits per heavy atom. The number of aliphatic hydroxyl groups is 1. The first-order valence-electron chi connectivity index (χ1n) is 3.41. The van der Waals surface area contributed by atoms with Crippen molar-refractivity contribution in [2.45, 2.75) is 12.5 Å². The quantitative estimate of drug-likeness (QED) is 0.160. The maximum absolute atomic E-state index is 10.5. The van der Waals surface area contributed by atoms with Crippen LogP contribution in [0.25, 0.3) is 0 Å². The van der Waals surface area contributed by atoms with Crippen molar-refractivity contribution in [3.63, 3.8) is 0 Å². The predicted octanol–water partition coefficient (Wildman–Crippen LogP) is -8.97. The Hall–Kier alpha value is 1.21. The number of hydrogen-bond acceptors (Lipinski definition) is 7. The van der Waals surface area contributed by atoms with Gasteiger partial charge in [0.1, 0.15) is 0 Å². The molecule has 0 aromatic rings. The molecule has 0 spiro atoms. The van der Waals surface area contributed by atoms with Gasteiger partial charge < -0.3 is 19.5 Å². The first-order valence-corrected chi connectivity index (χ1v) is 4.96. The van der Waals surface area contributed by atoms with Crippen LogP contribution in [-0.2, 0) is 14.2 Å². The number of carbonyl (C=O) groups excluding carboxylic acids is 2. The van der Waals surface area contributed by atoms with Crippen LogP contribution in [0, 0.1) is 0 Å². The van der Waals surface area contributed by atoms with Gasteiger partial charge >= 0.3 is 59.1 Å². The molecule has 0 aliphatic heterocycles. The second kappa shape index (κ2) is 10.2. The van der Waals surface area contributed by atoms with Crippen molar-refractivity contribution in [3.8, 4) is 0 Å². The summed E-state index contributed by atoms with van der Waals surface area (Å²) in [6, 6.07) is 0. The summed E-state index contributed by atoms with van der Waals surface area (Å²) >= 11 is 0. The Balaban J connectivity index is -0.000000845. The second-order valence-corrected chi connectivity index (χ2v) is 3.97. The zero-order chi connectivity index (χ0) is 11.4. The number of hydroxylamine groups is 2. The van der Waals surface area contributed by atoms with Gasteiger partial charge in [-0.25, -0.2) is 5.06 Å². The van der Waals surface area contributed by atoms with E-state index >= 15 is 0 Å². The monoisotopic (exact) mass is 271 g/mol. The van der Waals surface area contributed by atoms with Crippen molar-refractivity contribution in [1.82, 2.24) is 5.06 Å². The van der Waals surface area contributed by atoms with Gasteiger partial charge in [-0.1, -0.05) is 0 Å². The normalized spacial score (nSPS) is 11.8. The van der Waals surface area contributed by atoms with Crippen LogP contribution in [-0.4, -0.2) is 40.0 Å². The molecule has 0 heterocycles. The van der Waals surface area contributed by atoms with Crippen LogP contribution in [0.5, 0.6) is 0 Å². The third kappa shape index (κ3) is 10.4. The van der Waals surface area contributed by atoms with Gasteiger partial charge in [0.2, 0.25) is 6.41 Å². The van der Waals surface area contributed by atoms with Gasteiger partial charge in [0.15, 0.2) is 5.52 Å². The van der Waals surface area contributed by atoms with Crippen LogP contribution in [0.3, 0.4) is 0 Å². The van der Waals surface area contributed by atoms with Crippen molar-refractivity contribution in [2.75, 3.05) is 6.54 Å². The minimum Gasteiger partial charge on any atom is -0.805 e. The van der Waals surface area contributed by atoms with Crippen LogP contribution in [0.2, 0.25) is 0 Å². The molecular formula is C5H8NNa2O7P. The van der Waals surface area contributed by atoms with Gasteiger partial charge in [0, 0.05) is 14.0 Å². The molecule has 1 amide bonds. The minimum absolute atomic E-state index is 0. The molecular weight excluding hydrogens is 263 g/mol. The molecule has 0 rings (SSSR count). The molecule has 16 heavy (non-hydrogen) atoms. The number of carbonyl (C=O) groups is 2. The van der Waals surface area contributed by atoms with Crippen LogP contribution in [0.15, 0.2) is 0 Å². The average Bonchev–Trinajstić information content (AvgIpc) is 2.02. The van der Waals surface area contributed by atoms with Crippen molar-refractivity contribution in [3.05, 3.63) is 0 Å². The molecule has 0 bridgehead atoms. The molecule has 8 nitrogen and oxygen atoms in total. The van der Waals surface area contributed by atoms with Gasteiger partial charge in [0.25, 0.3) is 0 Å². The average molecular weight is 271 g/mol. The van der Waals surface area contributed by atoms with Gasteiger partial charge in [-0.2, -0.15) is 0 Å². The van der Waals surface area contributed by atoms with E-state index in [0.717, 1.165) is 0 Å². The van der Waals surface area contributed by atoms with E-state index in [1.165, 1.54) is 0 Å². The molecule has 1 unspecified atom stereocenters. The minimum atomic E-state index is -5.35. The second-order valence-electron chi connectivity index (χ2n) is 2.48. The van der Waals surface area contributed by atoms with Crippen molar-refractivity contribution in [1.29, 1.82) is 0 Å². The summed E-state index contributed by atoms with van der Waals surface area (Å²) in [4.78, 5) is 40.5. The van der Waals surface area contributed by atoms with Crippen molar-refractivity contribution in [2.24, 2.45) is 0 Å². The van der Waals surface area contributed by atoms with E-state index in [2.05, 4.69) is 0 Å². The third-order valence-corrected chi connectivity index (χ3v) is 2.03. The van der Waals surface area contributed by atoms with Crippen LogP contribution >= 0.6 is 7.60 Å². The van der Waals surface area contributed by atoms with Gasteiger partial charge in [-0.05, 0) is 0 Å². The summed E-state index contributed by atoms with van der Waals surface area (Å²) in [5.74, 6) is 0. The molecule has 0 radical (unpaired) electrons. The fraction of sp³-hybridized carbons (Fsp3) is 0.600. The number of amides is 1. The van der Waals surface area contributed by atoms with Gasteiger partial charge in [-0.15, -0.1) is 0 Å². The summed E-state index contributed by atoms with van der Waals surface area (Å²) in [5.41, 5.74) is -1.66. The fourth-order valence-corrected chi connectivity index (χ4v) is 1.07. The third-order valence-electron chi connectivity index (χ3n) is 1.24. The van der Waals surface area contributed by atoms with Crippen LogP contribution in [0.1, 0.15) is 6.42 Å².